The van der Waals surface area contributed by atoms with Gasteiger partial charge in [0.05, 0.1) is 27.3 Å². The Balaban J connectivity index is 2.13. The quantitative estimate of drug-likeness (QED) is 0.439. The van der Waals surface area contributed by atoms with Crippen LogP contribution in [0, 0.1) is 0 Å². The van der Waals surface area contributed by atoms with Gasteiger partial charge >= 0.3 is 0 Å². The van der Waals surface area contributed by atoms with Crippen LogP contribution in [0.3, 0.4) is 0 Å². The molecule has 0 N–H and O–H groups in total. The van der Waals surface area contributed by atoms with Crippen molar-refractivity contribution in [1.29, 1.82) is 0 Å². The molecule has 10 heteroatoms. The maximum atomic E-state index is 13.7. The molecule has 0 aliphatic rings. The first kappa shape index (κ1) is 24.4. The zero-order chi connectivity index (χ0) is 23.5. The van der Waals surface area contributed by atoms with Crippen molar-refractivity contribution in [3.63, 3.8) is 0 Å². The lowest BCUT2D eigenvalue weighted by Crippen LogP contribution is -2.39. The number of anilines is 1. The predicted molar refractivity (Wildman–Crippen MR) is 130 cm³/mol. The van der Waals surface area contributed by atoms with E-state index in [1.54, 1.807) is 31.4 Å². The summed E-state index contributed by atoms with van der Waals surface area (Å²) < 4.78 is 30.8. The van der Waals surface area contributed by atoms with Gasteiger partial charge in [-0.05, 0) is 37.4 Å². The van der Waals surface area contributed by atoms with Crippen LogP contribution in [0.25, 0.3) is 10.2 Å². The highest BCUT2D eigenvalue weighted by Gasteiger charge is 2.27. The molecule has 0 saturated heterocycles. The number of halogens is 1. The van der Waals surface area contributed by atoms with E-state index in [2.05, 4.69) is 23.7 Å². The molecular weight excluding hydrogens is 470 g/mol. The monoisotopic (exact) mass is 495 g/mol. The van der Waals surface area contributed by atoms with E-state index in [4.69, 9.17) is 16.3 Å². The van der Waals surface area contributed by atoms with E-state index in [1.165, 1.54) is 28.4 Å². The number of methoxy groups -OCH3 is 1. The molecule has 3 aromatic rings. The SMILES string of the molecule is CCN(CC)CCN(C(=O)c1ccccc1S(C)(=O)=O)c1nc2c(OC)ccc(Cl)c2s1. The van der Waals surface area contributed by atoms with Crippen molar-refractivity contribution in [2.45, 2.75) is 18.7 Å². The molecule has 0 saturated carbocycles. The summed E-state index contributed by atoms with van der Waals surface area (Å²) in [5, 5.41) is 0.948. The van der Waals surface area contributed by atoms with Crippen molar-refractivity contribution >= 4 is 54.0 Å². The zero-order valence-electron chi connectivity index (χ0n) is 18.5. The van der Waals surface area contributed by atoms with Crippen LogP contribution in [-0.4, -0.2) is 63.8 Å². The summed E-state index contributed by atoms with van der Waals surface area (Å²) in [5.41, 5.74) is 0.684. The Labute approximate surface area is 197 Å². The van der Waals surface area contributed by atoms with E-state index < -0.39 is 15.7 Å². The molecule has 7 nitrogen and oxygen atoms in total. The normalized spacial score (nSPS) is 11.8. The molecule has 0 aliphatic heterocycles. The van der Waals surface area contributed by atoms with Crippen LogP contribution in [0.15, 0.2) is 41.3 Å². The topological polar surface area (TPSA) is 79.8 Å². The lowest BCUT2D eigenvalue weighted by molar-refractivity contribution is 0.0980. The van der Waals surface area contributed by atoms with E-state index in [9.17, 15) is 13.2 Å². The number of likely N-dealkylation sites (N-methyl/N-ethyl adjacent to an activating group) is 1. The number of ether oxygens (including phenoxy) is 1. The minimum absolute atomic E-state index is 0.00503. The number of benzene rings is 2. The van der Waals surface area contributed by atoms with E-state index >= 15 is 0 Å². The number of nitrogens with zero attached hydrogens (tertiary/aromatic N) is 3. The van der Waals surface area contributed by atoms with Crippen LogP contribution < -0.4 is 9.64 Å². The van der Waals surface area contributed by atoms with Gasteiger partial charge in [-0.1, -0.05) is 48.9 Å². The number of aromatic nitrogens is 1. The van der Waals surface area contributed by atoms with Gasteiger partial charge in [0.2, 0.25) is 0 Å². The average Bonchev–Trinajstić information content (AvgIpc) is 3.22. The first-order valence-corrected chi connectivity index (χ1v) is 13.3. The van der Waals surface area contributed by atoms with Crippen molar-refractivity contribution in [3.05, 3.63) is 47.0 Å². The van der Waals surface area contributed by atoms with Crippen LogP contribution >= 0.6 is 22.9 Å². The fourth-order valence-corrected chi connectivity index (χ4v) is 5.56. The predicted octanol–water partition coefficient (Wildman–Crippen LogP) is 4.35. The molecule has 1 amide bonds. The number of amides is 1. The van der Waals surface area contributed by atoms with E-state index in [1.807, 2.05) is 0 Å². The second kappa shape index (κ2) is 10.2. The highest BCUT2D eigenvalue weighted by atomic mass is 35.5. The highest BCUT2D eigenvalue weighted by Crippen LogP contribution is 2.39. The zero-order valence-corrected chi connectivity index (χ0v) is 20.9. The van der Waals surface area contributed by atoms with Gasteiger partial charge in [-0.3, -0.25) is 9.69 Å². The summed E-state index contributed by atoms with van der Waals surface area (Å²) in [5.74, 6) is 0.131. The van der Waals surface area contributed by atoms with Crippen LogP contribution in [0.4, 0.5) is 5.13 Å². The number of fused-ring (bicyclic) bond motifs is 1. The third-order valence-corrected chi connectivity index (χ3v) is 7.89. The molecule has 172 valence electrons. The number of carbonyl (C=O) groups excluding carboxylic acids is 1. The van der Waals surface area contributed by atoms with Crippen molar-refractivity contribution in [1.82, 2.24) is 9.88 Å². The first-order chi connectivity index (χ1) is 15.2. The van der Waals surface area contributed by atoms with Gasteiger partial charge in [0.15, 0.2) is 15.0 Å². The smallest absolute Gasteiger partial charge is 0.261 e. The van der Waals surface area contributed by atoms with Crippen LogP contribution in [0.1, 0.15) is 24.2 Å². The summed E-state index contributed by atoms with van der Waals surface area (Å²) in [6.07, 6.45) is 1.10. The number of thiazole rings is 1. The van der Waals surface area contributed by atoms with Crippen molar-refractivity contribution in [3.8, 4) is 5.75 Å². The number of hydrogen-bond donors (Lipinski definition) is 0. The lowest BCUT2D eigenvalue weighted by atomic mass is 10.2. The highest BCUT2D eigenvalue weighted by molar-refractivity contribution is 7.90. The molecule has 0 aliphatic carbocycles. The Morgan fingerprint density at radius 1 is 1.12 bits per heavy atom. The largest absolute Gasteiger partial charge is 0.494 e. The van der Waals surface area contributed by atoms with Gasteiger partial charge < -0.3 is 9.64 Å². The Bertz CT molecular complexity index is 1220. The van der Waals surface area contributed by atoms with Gasteiger partial charge in [-0.2, -0.15) is 0 Å². The Kier molecular flexibility index (Phi) is 7.76. The minimum Gasteiger partial charge on any atom is -0.494 e. The van der Waals surface area contributed by atoms with Crippen LogP contribution in [0.2, 0.25) is 5.02 Å². The molecule has 2 aromatic carbocycles. The van der Waals surface area contributed by atoms with Gasteiger partial charge in [0.1, 0.15) is 11.3 Å². The van der Waals surface area contributed by atoms with E-state index in [-0.39, 0.29) is 10.5 Å². The molecule has 0 spiro atoms. The Hall–Kier alpha value is -2.20. The molecule has 1 heterocycles. The molecule has 3 rings (SSSR count). The maximum absolute atomic E-state index is 13.7. The molecule has 0 fully saturated rings. The average molecular weight is 496 g/mol. The van der Waals surface area contributed by atoms with Crippen LogP contribution in [0.5, 0.6) is 5.75 Å². The fraction of sp³-hybridized carbons (Fsp3) is 0.364. The summed E-state index contributed by atoms with van der Waals surface area (Å²) in [6.45, 7) is 6.72. The van der Waals surface area contributed by atoms with Gasteiger partial charge in [0, 0.05) is 19.3 Å². The third-order valence-electron chi connectivity index (χ3n) is 5.19. The van der Waals surface area contributed by atoms with Crippen molar-refractivity contribution in [2.24, 2.45) is 0 Å². The minimum atomic E-state index is -3.59. The van der Waals surface area contributed by atoms with E-state index in [0.29, 0.717) is 39.2 Å². The molecule has 0 radical (unpaired) electrons. The Morgan fingerprint density at radius 3 is 2.44 bits per heavy atom. The standard InChI is InChI=1S/C22H26ClN3O4S2/c1-5-25(6-2)13-14-26(21(27)15-9-7-8-10-18(15)32(4,28)29)22-24-19-17(30-3)12-11-16(23)20(19)31-22/h7-12H,5-6,13-14H2,1-4H3. The van der Waals surface area contributed by atoms with E-state index in [0.717, 1.165) is 19.3 Å². The molecular formula is C22H26ClN3O4S2. The molecule has 0 atom stereocenters. The van der Waals surface area contributed by atoms with Gasteiger partial charge in [0.25, 0.3) is 5.91 Å². The summed E-state index contributed by atoms with van der Waals surface area (Å²) in [7, 11) is -2.04. The molecule has 1 aromatic heterocycles. The molecule has 0 bridgehead atoms. The number of sulfone groups is 1. The molecule has 0 unspecified atom stereocenters. The fourth-order valence-electron chi connectivity index (χ4n) is 3.40. The first-order valence-electron chi connectivity index (χ1n) is 10.2. The van der Waals surface area contributed by atoms with Gasteiger partial charge in [-0.15, -0.1) is 0 Å². The van der Waals surface area contributed by atoms with Crippen molar-refractivity contribution < 1.29 is 17.9 Å². The van der Waals surface area contributed by atoms with Crippen LogP contribution in [-0.2, 0) is 9.84 Å². The maximum Gasteiger partial charge on any atom is 0.261 e. The second-order valence-electron chi connectivity index (χ2n) is 7.18. The summed E-state index contributed by atoms with van der Waals surface area (Å²) in [4.78, 5) is 22.0. The number of hydrogen-bond acceptors (Lipinski definition) is 7. The second-order valence-corrected chi connectivity index (χ2v) is 10.5. The number of rotatable bonds is 9. The van der Waals surface area contributed by atoms with Crippen molar-refractivity contribution in [2.75, 3.05) is 44.4 Å². The lowest BCUT2D eigenvalue weighted by Gasteiger charge is -2.25. The summed E-state index contributed by atoms with van der Waals surface area (Å²) in [6, 6.07) is 9.70. The number of carbonyl (C=O) groups is 1. The third kappa shape index (κ3) is 5.06. The van der Waals surface area contributed by atoms with Gasteiger partial charge in [-0.25, -0.2) is 13.4 Å². The molecule has 32 heavy (non-hydrogen) atoms. The Morgan fingerprint density at radius 2 is 1.81 bits per heavy atom. The summed E-state index contributed by atoms with van der Waals surface area (Å²) >= 11 is 7.66.